The van der Waals surface area contributed by atoms with E-state index in [0.29, 0.717) is 97.4 Å². The number of nitrogens with one attached hydrogen (secondary N) is 3. The van der Waals surface area contributed by atoms with E-state index in [1.807, 2.05) is 9.80 Å². The van der Waals surface area contributed by atoms with Crippen molar-refractivity contribution in [3.8, 4) is 0 Å². The lowest BCUT2D eigenvalue weighted by Crippen LogP contribution is -2.51. The van der Waals surface area contributed by atoms with Crippen molar-refractivity contribution in [2.24, 2.45) is 11.8 Å². The Morgan fingerprint density at radius 3 is 1.46 bits per heavy atom. The third kappa shape index (κ3) is 22.3. The molecule has 1 saturated carbocycles. The Balaban J connectivity index is 1.78. The number of aliphatic carboxylic acids is 5. The molecular weight excluding hydrogens is 778 g/mol. The van der Waals surface area contributed by atoms with E-state index in [1.54, 1.807) is 9.80 Å². The van der Waals surface area contributed by atoms with Gasteiger partial charge in [-0.05, 0) is 70.6 Å². The summed E-state index contributed by atoms with van der Waals surface area (Å²) in [5.74, 6) is -6.03. The Hall–Kier alpha value is -4.73. The highest BCUT2D eigenvalue weighted by Gasteiger charge is 2.28. The van der Waals surface area contributed by atoms with Crippen molar-refractivity contribution in [1.82, 2.24) is 35.6 Å². The summed E-state index contributed by atoms with van der Waals surface area (Å²) >= 11 is 0. The van der Waals surface area contributed by atoms with Gasteiger partial charge in [0.25, 0.3) is 0 Å². The lowest BCUT2D eigenvalue weighted by atomic mass is 9.79. The highest BCUT2D eigenvalue weighted by molar-refractivity contribution is 5.86. The SMILES string of the molecule is CC(=O)CN1CCN(CC(=O)O)CCN(CC(=O)CCC2CCC(C(=O)NCCCCC(NC(=O)NC(CCC(=O)O)C(=O)O)C(=O)O)CC2)CCN(CC(=O)O)CC1. The molecule has 2 fully saturated rings. The largest absolute Gasteiger partial charge is 0.481 e. The number of carboxylic acid groups (broad SMARTS) is 5. The average Bonchev–Trinajstić information content (AvgIpc) is 3.15. The van der Waals surface area contributed by atoms with E-state index in [-0.39, 0.29) is 68.3 Å². The zero-order valence-corrected chi connectivity index (χ0v) is 34.0. The monoisotopic (exact) mass is 841 g/mol. The summed E-state index contributed by atoms with van der Waals surface area (Å²) in [6.45, 7) is 4.97. The maximum atomic E-state index is 13.2. The highest BCUT2D eigenvalue weighted by Crippen LogP contribution is 2.31. The minimum Gasteiger partial charge on any atom is -0.481 e. The lowest BCUT2D eigenvalue weighted by molar-refractivity contribution is -0.141. The normalized spacial score (nSPS) is 20.2. The number of carbonyl (C=O) groups is 9. The minimum absolute atomic E-state index is 0.0153. The van der Waals surface area contributed by atoms with Crippen molar-refractivity contribution in [1.29, 1.82) is 0 Å². The fourth-order valence-corrected chi connectivity index (χ4v) is 7.29. The van der Waals surface area contributed by atoms with Gasteiger partial charge in [-0.15, -0.1) is 0 Å². The predicted molar refractivity (Wildman–Crippen MR) is 210 cm³/mol. The van der Waals surface area contributed by atoms with E-state index in [4.69, 9.17) is 5.11 Å². The first-order chi connectivity index (χ1) is 27.9. The van der Waals surface area contributed by atoms with Crippen LogP contribution in [0.15, 0.2) is 0 Å². The number of carboxylic acids is 5. The van der Waals surface area contributed by atoms with Crippen LogP contribution in [0.1, 0.15) is 77.6 Å². The molecule has 8 N–H and O–H groups in total. The minimum atomic E-state index is -1.51. The van der Waals surface area contributed by atoms with Crippen LogP contribution >= 0.6 is 0 Å². The summed E-state index contributed by atoms with van der Waals surface area (Å²) in [4.78, 5) is 114. The summed E-state index contributed by atoms with van der Waals surface area (Å²) in [5.41, 5.74) is 0. The van der Waals surface area contributed by atoms with Gasteiger partial charge in [0, 0.05) is 77.7 Å². The number of Topliss-reactive ketones (excluding diaryl/α,β-unsaturated/α-hetero) is 2. The van der Waals surface area contributed by atoms with E-state index in [0.717, 1.165) is 12.8 Å². The van der Waals surface area contributed by atoms with E-state index in [1.165, 1.54) is 6.92 Å². The molecule has 1 saturated heterocycles. The van der Waals surface area contributed by atoms with Crippen LogP contribution in [0.5, 0.6) is 0 Å². The van der Waals surface area contributed by atoms with Crippen LogP contribution < -0.4 is 16.0 Å². The number of carbonyl (C=O) groups excluding carboxylic acids is 4. The van der Waals surface area contributed by atoms with Crippen LogP contribution in [0.25, 0.3) is 0 Å². The van der Waals surface area contributed by atoms with Crippen molar-refractivity contribution < 1.29 is 68.7 Å². The molecule has 334 valence electrons. The Kier molecular flexibility index (Phi) is 23.2. The zero-order valence-electron chi connectivity index (χ0n) is 34.0. The van der Waals surface area contributed by atoms with Gasteiger partial charge < -0.3 is 41.5 Å². The van der Waals surface area contributed by atoms with Gasteiger partial charge in [-0.25, -0.2) is 14.4 Å². The molecule has 1 heterocycles. The van der Waals surface area contributed by atoms with Crippen molar-refractivity contribution in [2.75, 3.05) is 85.1 Å². The number of urea groups is 1. The van der Waals surface area contributed by atoms with Crippen molar-refractivity contribution >= 4 is 53.4 Å². The topological polar surface area (TPSA) is 304 Å². The lowest BCUT2D eigenvalue weighted by Gasteiger charge is -2.33. The predicted octanol–water partition coefficient (Wildman–Crippen LogP) is -0.521. The summed E-state index contributed by atoms with van der Waals surface area (Å²) < 4.78 is 0. The molecule has 0 radical (unpaired) electrons. The molecule has 0 spiro atoms. The average molecular weight is 842 g/mol. The molecule has 2 aliphatic rings. The van der Waals surface area contributed by atoms with E-state index < -0.39 is 54.4 Å². The molecule has 2 rings (SSSR count). The Bertz CT molecular complexity index is 1410. The molecule has 1 aliphatic carbocycles. The first-order valence-corrected chi connectivity index (χ1v) is 20.3. The first kappa shape index (κ1) is 50.4. The number of nitrogens with zero attached hydrogens (tertiary/aromatic N) is 4. The van der Waals surface area contributed by atoms with Crippen LogP contribution in [0.4, 0.5) is 4.79 Å². The summed E-state index contributed by atoms with van der Waals surface area (Å²) in [7, 11) is 0. The van der Waals surface area contributed by atoms with Gasteiger partial charge in [0.1, 0.15) is 23.7 Å². The second-order valence-corrected chi connectivity index (χ2v) is 15.5. The summed E-state index contributed by atoms with van der Waals surface area (Å²) in [6, 6.07) is -3.88. The van der Waals surface area contributed by atoms with Crippen LogP contribution in [0, 0.1) is 11.8 Å². The molecule has 21 heteroatoms. The number of rotatable bonds is 24. The van der Waals surface area contributed by atoms with Gasteiger partial charge in [-0.3, -0.25) is 48.4 Å². The summed E-state index contributed by atoms with van der Waals surface area (Å²) in [5, 5.41) is 53.6. The van der Waals surface area contributed by atoms with Gasteiger partial charge in [0.05, 0.1) is 26.2 Å². The van der Waals surface area contributed by atoms with Gasteiger partial charge in [0.15, 0.2) is 0 Å². The molecule has 0 aromatic rings. The molecule has 2 atom stereocenters. The first-order valence-electron chi connectivity index (χ1n) is 20.3. The molecule has 0 aromatic carbocycles. The Morgan fingerprint density at radius 1 is 0.559 bits per heavy atom. The number of ketones is 2. The number of hydrogen-bond donors (Lipinski definition) is 8. The molecule has 2 unspecified atom stereocenters. The second-order valence-electron chi connectivity index (χ2n) is 15.5. The molecular formula is C38H63N7O14. The van der Waals surface area contributed by atoms with Crippen LogP contribution in [0.3, 0.4) is 0 Å². The van der Waals surface area contributed by atoms with Gasteiger partial charge in [0.2, 0.25) is 5.91 Å². The van der Waals surface area contributed by atoms with E-state index in [9.17, 15) is 63.6 Å². The quantitative estimate of drug-likeness (QED) is 0.0567. The maximum absolute atomic E-state index is 13.2. The number of amides is 3. The van der Waals surface area contributed by atoms with Crippen LogP contribution in [0.2, 0.25) is 0 Å². The molecule has 1 aliphatic heterocycles. The Labute approximate surface area is 343 Å². The third-order valence-electron chi connectivity index (χ3n) is 10.6. The van der Waals surface area contributed by atoms with Crippen molar-refractivity contribution in [3.63, 3.8) is 0 Å². The van der Waals surface area contributed by atoms with Crippen molar-refractivity contribution in [2.45, 2.75) is 89.6 Å². The second kappa shape index (κ2) is 27.1. The van der Waals surface area contributed by atoms with Gasteiger partial charge in [-0.2, -0.15) is 0 Å². The van der Waals surface area contributed by atoms with E-state index >= 15 is 0 Å². The number of unbranched alkanes of at least 4 members (excludes halogenated alkanes) is 1. The highest BCUT2D eigenvalue weighted by atomic mass is 16.4. The van der Waals surface area contributed by atoms with Gasteiger partial charge >= 0.3 is 35.9 Å². The zero-order chi connectivity index (χ0) is 43.9. The molecule has 59 heavy (non-hydrogen) atoms. The molecule has 0 aromatic heterocycles. The van der Waals surface area contributed by atoms with Crippen LogP contribution in [-0.2, 0) is 38.4 Å². The van der Waals surface area contributed by atoms with Crippen LogP contribution in [-0.4, -0.2) is 196 Å². The smallest absolute Gasteiger partial charge is 0.326 e. The van der Waals surface area contributed by atoms with Gasteiger partial charge in [-0.1, -0.05) is 0 Å². The summed E-state index contributed by atoms with van der Waals surface area (Å²) in [6.07, 6.45) is 3.77. The fourth-order valence-electron chi connectivity index (χ4n) is 7.29. The maximum Gasteiger partial charge on any atom is 0.326 e. The molecule has 21 nitrogen and oxygen atoms in total. The van der Waals surface area contributed by atoms with Crippen molar-refractivity contribution in [3.05, 3.63) is 0 Å². The number of hydrogen-bond acceptors (Lipinski definition) is 13. The molecule has 3 amide bonds. The fraction of sp³-hybridized carbons (Fsp3) is 0.763. The standard InChI is InChI=1S/C38H63N7O14/c1-26(46)22-42-14-18-44(24-33(50)51)20-16-43(17-21-45(19-15-42)25-34(52)53)23-29(47)10-7-27-5-8-28(9-6-27)35(54)39-13-3-2-4-30(36(55)56)40-38(59)41-31(37(57)58)11-12-32(48)49/h27-28,30-31H,2-25H2,1H3,(H,39,54)(H,48,49)(H,50,51)(H,52,53)(H,55,56)(H,57,58)(H2,40,41,59). The van der Waals surface area contributed by atoms with E-state index in [2.05, 4.69) is 16.0 Å². The molecule has 0 bridgehead atoms. The third-order valence-corrected chi connectivity index (χ3v) is 10.6. The Morgan fingerprint density at radius 2 is 1.02 bits per heavy atom.